The SMILES string of the molecule is N#Cc1cc(N)ccc1-n1nccn1. The number of anilines is 1. The molecule has 0 aliphatic heterocycles. The molecular formula is C9H7N5. The van der Waals surface area contributed by atoms with Crippen molar-refractivity contribution in [3.05, 3.63) is 36.2 Å². The summed E-state index contributed by atoms with van der Waals surface area (Å²) in [6.07, 6.45) is 3.11. The van der Waals surface area contributed by atoms with Crippen LogP contribution in [-0.2, 0) is 0 Å². The lowest BCUT2D eigenvalue weighted by molar-refractivity contribution is 0.750. The van der Waals surface area contributed by atoms with Gasteiger partial charge < -0.3 is 5.73 Å². The normalized spacial score (nSPS) is 9.64. The highest BCUT2D eigenvalue weighted by Crippen LogP contribution is 2.14. The molecule has 0 unspecified atom stereocenters. The molecule has 0 bridgehead atoms. The number of hydrogen-bond donors (Lipinski definition) is 1. The van der Waals surface area contributed by atoms with Gasteiger partial charge in [0, 0.05) is 5.69 Å². The number of aromatic nitrogens is 3. The Morgan fingerprint density at radius 1 is 1.29 bits per heavy atom. The molecule has 0 saturated carbocycles. The summed E-state index contributed by atoms with van der Waals surface area (Å²) in [7, 11) is 0. The van der Waals surface area contributed by atoms with Crippen LogP contribution in [-0.4, -0.2) is 15.0 Å². The highest BCUT2D eigenvalue weighted by Gasteiger charge is 2.05. The van der Waals surface area contributed by atoms with Crippen LogP contribution in [0.1, 0.15) is 5.56 Å². The molecule has 0 saturated heterocycles. The minimum Gasteiger partial charge on any atom is -0.399 e. The Morgan fingerprint density at radius 3 is 2.64 bits per heavy atom. The Hall–Kier alpha value is -2.35. The van der Waals surface area contributed by atoms with Gasteiger partial charge in [0.25, 0.3) is 0 Å². The van der Waals surface area contributed by atoms with Crippen LogP contribution < -0.4 is 5.73 Å². The molecule has 0 radical (unpaired) electrons. The molecule has 0 fully saturated rings. The Balaban J connectivity index is 2.60. The average Bonchev–Trinajstić information content (AvgIpc) is 2.70. The van der Waals surface area contributed by atoms with Gasteiger partial charge in [-0.1, -0.05) is 0 Å². The van der Waals surface area contributed by atoms with Gasteiger partial charge in [0.2, 0.25) is 0 Å². The van der Waals surface area contributed by atoms with E-state index in [1.54, 1.807) is 30.6 Å². The second-order valence-electron chi connectivity index (χ2n) is 2.71. The third-order valence-corrected chi connectivity index (χ3v) is 1.78. The van der Waals surface area contributed by atoms with Gasteiger partial charge in [0.1, 0.15) is 11.8 Å². The lowest BCUT2D eigenvalue weighted by Crippen LogP contribution is -2.01. The first kappa shape index (κ1) is 8.26. The number of rotatable bonds is 1. The van der Waals surface area contributed by atoms with Crippen molar-refractivity contribution in [2.45, 2.75) is 0 Å². The van der Waals surface area contributed by atoms with Crippen molar-refractivity contribution in [3.63, 3.8) is 0 Å². The minimum absolute atomic E-state index is 0.459. The van der Waals surface area contributed by atoms with Gasteiger partial charge in [-0.15, -0.1) is 0 Å². The molecule has 0 atom stereocenters. The fraction of sp³-hybridized carbons (Fsp3) is 0. The van der Waals surface area contributed by atoms with Gasteiger partial charge >= 0.3 is 0 Å². The summed E-state index contributed by atoms with van der Waals surface area (Å²) in [6.45, 7) is 0. The second-order valence-corrected chi connectivity index (χ2v) is 2.71. The van der Waals surface area contributed by atoms with Crippen LogP contribution in [0.4, 0.5) is 5.69 Å². The largest absolute Gasteiger partial charge is 0.399 e. The molecule has 68 valence electrons. The van der Waals surface area contributed by atoms with Crippen molar-refractivity contribution in [1.82, 2.24) is 15.0 Å². The number of nitrogens with zero attached hydrogens (tertiary/aromatic N) is 4. The van der Waals surface area contributed by atoms with E-state index in [1.807, 2.05) is 6.07 Å². The zero-order valence-corrected chi connectivity index (χ0v) is 7.25. The summed E-state index contributed by atoms with van der Waals surface area (Å²) in [4.78, 5) is 1.39. The van der Waals surface area contributed by atoms with Gasteiger partial charge in [0.15, 0.2) is 0 Å². The van der Waals surface area contributed by atoms with Crippen molar-refractivity contribution in [2.75, 3.05) is 5.73 Å². The molecule has 0 aliphatic rings. The summed E-state index contributed by atoms with van der Waals surface area (Å²) >= 11 is 0. The molecule has 14 heavy (non-hydrogen) atoms. The first-order valence-electron chi connectivity index (χ1n) is 3.97. The summed E-state index contributed by atoms with van der Waals surface area (Å²) in [6, 6.07) is 7.06. The van der Waals surface area contributed by atoms with Crippen molar-refractivity contribution in [1.29, 1.82) is 5.26 Å². The molecule has 2 N–H and O–H groups in total. The number of nitrogens with two attached hydrogens (primary N) is 1. The molecule has 0 spiro atoms. The fourth-order valence-electron chi connectivity index (χ4n) is 1.16. The molecule has 1 aromatic carbocycles. The maximum Gasteiger partial charge on any atom is 0.104 e. The Labute approximate surface area is 80.4 Å². The average molecular weight is 185 g/mol. The Bertz CT molecular complexity index is 480. The van der Waals surface area contributed by atoms with Gasteiger partial charge in [-0.25, -0.2) is 0 Å². The van der Waals surface area contributed by atoms with Crippen LogP contribution in [0, 0.1) is 11.3 Å². The zero-order valence-electron chi connectivity index (χ0n) is 7.25. The van der Waals surface area contributed by atoms with Gasteiger partial charge in [0.05, 0.1) is 18.0 Å². The smallest absolute Gasteiger partial charge is 0.104 e. The number of benzene rings is 1. The zero-order chi connectivity index (χ0) is 9.97. The Kier molecular flexibility index (Phi) is 1.88. The minimum atomic E-state index is 0.459. The van der Waals surface area contributed by atoms with Crippen molar-refractivity contribution in [3.8, 4) is 11.8 Å². The second kappa shape index (κ2) is 3.18. The third kappa shape index (κ3) is 1.29. The lowest BCUT2D eigenvalue weighted by Gasteiger charge is -2.02. The maximum atomic E-state index is 8.87. The van der Waals surface area contributed by atoms with Crippen LogP contribution in [0.25, 0.3) is 5.69 Å². The van der Waals surface area contributed by atoms with Crippen LogP contribution in [0.5, 0.6) is 0 Å². The molecule has 0 aliphatic carbocycles. The predicted octanol–water partition coefficient (Wildman–Crippen LogP) is 0.721. The predicted molar refractivity (Wildman–Crippen MR) is 50.5 cm³/mol. The number of nitrogen functional groups attached to an aromatic ring is 1. The fourth-order valence-corrected chi connectivity index (χ4v) is 1.16. The lowest BCUT2D eigenvalue weighted by atomic mass is 10.2. The summed E-state index contributed by atoms with van der Waals surface area (Å²) < 4.78 is 0. The summed E-state index contributed by atoms with van der Waals surface area (Å²) in [5.74, 6) is 0. The van der Waals surface area contributed by atoms with Gasteiger partial charge in [-0.2, -0.15) is 20.3 Å². The number of nitriles is 1. The van der Waals surface area contributed by atoms with Crippen molar-refractivity contribution < 1.29 is 0 Å². The number of hydrogen-bond acceptors (Lipinski definition) is 4. The molecule has 5 nitrogen and oxygen atoms in total. The third-order valence-electron chi connectivity index (χ3n) is 1.78. The highest BCUT2D eigenvalue weighted by atomic mass is 15.5. The quantitative estimate of drug-likeness (QED) is 0.664. The van der Waals surface area contributed by atoms with E-state index in [0.29, 0.717) is 16.9 Å². The van der Waals surface area contributed by atoms with E-state index in [4.69, 9.17) is 11.0 Å². The van der Waals surface area contributed by atoms with E-state index in [-0.39, 0.29) is 0 Å². The summed E-state index contributed by atoms with van der Waals surface area (Å²) in [5, 5.41) is 16.7. The first-order valence-corrected chi connectivity index (χ1v) is 3.97. The highest BCUT2D eigenvalue weighted by molar-refractivity contribution is 5.55. The first-order chi connectivity index (χ1) is 6.81. The van der Waals surface area contributed by atoms with Crippen molar-refractivity contribution >= 4 is 5.69 Å². The van der Waals surface area contributed by atoms with E-state index in [0.717, 1.165) is 0 Å². The van der Waals surface area contributed by atoms with E-state index >= 15 is 0 Å². The Morgan fingerprint density at radius 2 is 2.00 bits per heavy atom. The monoisotopic (exact) mass is 185 g/mol. The molecule has 5 heteroatoms. The van der Waals surface area contributed by atoms with Crippen LogP contribution in [0.3, 0.4) is 0 Å². The maximum absolute atomic E-state index is 8.87. The van der Waals surface area contributed by atoms with E-state index in [2.05, 4.69) is 10.2 Å². The van der Waals surface area contributed by atoms with Gasteiger partial charge in [-0.05, 0) is 18.2 Å². The molecule has 2 aromatic rings. The van der Waals surface area contributed by atoms with E-state index in [1.165, 1.54) is 4.80 Å². The molecule has 0 amide bonds. The molecule has 1 aromatic heterocycles. The molecule has 1 heterocycles. The standard InChI is InChI=1S/C9H7N5/c10-6-7-5-8(11)1-2-9(7)14-12-3-4-13-14/h1-5H,11H2. The van der Waals surface area contributed by atoms with Crippen LogP contribution in [0.15, 0.2) is 30.6 Å². The molecule has 2 rings (SSSR count). The topological polar surface area (TPSA) is 80.5 Å². The van der Waals surface area contributed by atoms with E-state index in [9.17, 15) is 0 Å². The van der Waals surface area contributed by atoms with Gasteiger partial charge in [-0.3, -0.25) is 0 Å². The van der Waals surface area contributed by atoms with Crippen LogP contribution >= 0.6 is 0 Å². The van der Waals surface area contributed by atoms with Crippen molar-refractivity contribution in [2.24, 2.45) is 0 Å². The summed E-state index contributed by atoms with van der Waals surface area (Å²) in [5.41, 5.74) is 7.20. The van der Waals surface area contributed by atoms with E-state index < -0.39 is 0 Å². The molecular weight excluding hydrogens is 178 g/mol. The van der Waals surface area contributed by atoms with Crippen LogP contribution in [0.2, 0.25) is 0 Å².